The molecule has 0 aromatic carbocycles. The highest BCUT2D eigenvalue weighted by Gasteiger charge is 2.48. The molecule has 2 aliphatic rings. The van der Waals surface area contributed by atoms with Gasteiger partial charge in [-0.2, -0.15) is 0 Å². The second-order valence-corrected chi connectivity index (χ2v) is 6.76. The Morgan fingerprint density at radius 2 is 1.61 bits per heavy atom. The van der Waals surface area contributed by atoms with Gasteiger partial charge in [0.2, 0.25) is 0 Å². The highest BCUT2D eigenvalue weighted by Crippen LogP contribution is 2.32. The summed E-state index contributed by atoms with van der Waals surface area (Å²) < 4.78 is 11.4. The molecule has 2 rings (SSSR count). The molecule has 2 fully saturated rings. The van der Waals surface area contributed by atoms with Gasteiger partial charge < -0.3 is 30.5 Å². The quantitative estimate of drug-likeness (QED) is 0.279. The van der Waals surface area contributed by atoms with E-state index < -0.39 is 61.0 Å². The molecule has 154 valence electrons. The molecule has 0 aromatic rings. The maximum absolute atomic E-state index is 10.4. The van der Waals surface area contributed by atoms with Crippen molar-refractivity contribution in [2.24, 2.45) is 21.1 Å². The van der Waals surface area contributed by atoms with Gasteiger partial charge in [0, 0.05) is 27.2 Å². The molecule has 0 radical (unpaired) electrons. The Morgan fingerprint density at radius 1 is 1.00 bits per heavy atom. The average molecular weight is 398 g/mol. The van der Waals surface area contributed by atoms with Crippen molar-refractivity contribution in [3.63, 3.8) is 0 Å². The molecule has 0 spiro atoms. The largest absolute Gasteiger partial charge is 0.392 e. The minimum atomic E-state index is -1.59. The molecular formula is C13H22N10O5. The summed E-state index contributed by atoms with van der Waals surface area (Å²) in [4.78, 5) is 7.98. The van der Waals surface area contributed by atoms with Crippen LogP contribution in [0, 0.1) is 0 Å². The molecule has 0 aromatic heterocycles. The lowest BCUT2D eigenvalue weighted by atomic mass is 9.84. The van der Waals surface area contributed by atoms with Crippen LogP contribution in [0.15, 0.2) is 15.3 Å². The van der Waals surface area contributed by atoms with E-state index in [1.165, 1.54) is 0 Å². The lowest BCUT2D eigenvalue weighted by Gasteiger charge is -2.44. The van der Waals surface area contributed by atoms with Crippen LogP contribution in [-0.4, -0.2) is 76.3 Å². The van der Waals surface area contributed by atoms with Crippen molar-refractivity contribution in [3.8, 4) is 0 Å². The summed E-state index contributed by atoms with van der Waals surface area (Å²) in [6, 6.07) is -3.66. The minimum absolute atomic E-state index is 0.0881. The number of hydrogen-bond acceptors (Lipinski definition) is 9. The van der Waals surface area contributed by atoms with Crippen molar-refractivity contribution in [2.75, 3.05) is 0 Å². The topological polar surface area (TPSA) is 251 Å². The molecule has 0 bridgehead atoms. The van der Waals surface area contributed by atoms with Gasteiger partial charge in [0.25, 0.3) is 0 Å². The molecule has 5 N–H and O–H groups in total. The van der Waals surface area contributed by atoms with Gasteiger partial charge in [0.05, 0.1) is 36.5 Å². The Morgan fingerprint density at radius 3 is 2.18 bits per heavy atom. The Hall–Kier alpha value is -2.31. The van der Waals surface area contributed by atoms with E-state index >= 15 is 0 Å². The van der Waals surface area contributed by atoms with Gasteiger partial charge >= 0.3 is 0 Å². The fourth-order valence-corrected chi connectivity index (χ4v) is 3.37. The molecule has 1 saturated carbocycles. The van der Waals surface area contributed by atoms with E-state index in [1.54, 1.807) is 6.92 Å². The molecule has 10 atom stereocenters. The van der Waals surface area contributed by atoms with Gasteiger partial charge in [0.1, 0.15) is 12.1 Å². The maximum atomic E-state index is 10.4. The third-order valence-corrected chi connectivity index (χ3v) is 4.86. The Labute approximate surface area is 158 Å². The summed E-state index contributed by atoms with van der Waals surface area (Å²) >= 11 is 0. The summed E-state index contributed by atoms with van der Waals surface area (Å²) in [5.74, 6) is 0. The number of aliphatic hydroxyl groups excluding tert-OH is 3. The Bertz CT molecular complexity index is 689. The predicted molar refractivity (Wildman–Crippen MR) is 93.2 cm³/mol. The number of rotatable bonds is 6. The number of nitrogens with zero attached hydrogens (tertiary/aromatic N) is 9. The lowest BCUT2D eigenvalue weighted by Crippen LogP contribution is -2.60. The first-order valence-corrected chi connectivity index (χ1v) is 8.57. The highest BCUT2D eigenvalue weighted by atomic mass is 16.7. The van der Waals surface area contributed by atoms with E-state index in [-0.39, 0.29) is 12.8 Å². The second kappa shape index (κ2) is 9.75. The van der Waals surface area contributed by atoms with Gasteiger partial charge in [-0.15, -0.1) is 0 Å². The first-order chi connectivity index (χ1) is 13.3. The van der Waals surface area contributed by atoms with Crippen LogP contribution in [0.5, 0.6) is 0 Å². The van der Waals surface area contributed by atoms with Crippen LogP contribution in [0.1, 0.15) is 19.8 Å². The average Bonchev–Trinajstić information content (AvgIpc) is 2.65. The molecule has 1 aliphatic carbocycles. The SMILES string of the molecule is CC(N)C1CC(O)C(N=[N+]=[N-])[C@@H](O[C@@H]2C(N=[N+]=[N-])C[C@@H](N=[N+]=[N-])C(O)C2O)O1. The summed E-state index contributed by atoms with van der Waals surface area (Å²) in [6.07, 6.45) is -7.38. The van der Waals surface area contributed by atoms with Crippen LogP contribution in [0.2, 0.25) is 0 Å². The molecule has 7 unspecified atom stereocenters. The zero-order chi connectivity index (χ0) is 20.8. The van der Waals surface area contributed by atoms with Gasteiger partial charge in [-0.25, -0.2) is 0 Å². The first-order valence-electron chi connectivity index (χ1n) is 8.57. The van der Waals surface area contributed by atoms with Gasteiger partial charge in [0.15, 0.2) is 6.29 Å². The molecule has 28 heavy (non-hydrogen) atoms. The lowest BCUT2D eigenvalue weighted by molar-refractivity contribution is -0.269. The zero-order valence-electron chi connectivity index (χ0n) is 14.9. The van der Waals surface area contributed by atoms with Crippen LogP contribution in [0.4, 0.5) is 0 Å². The number of nitrogens with two attached hydrogens (primary N) is 1. The van der Waals surface area contributed by atoms with Gasteiger partial charge in [-0.05, 0) is 29.9 Å². The summed E-state index contributed by atoms with van der Waals surface area (Å²) in [7, 11) is 0. The van der Waals surface area contributed by atoms with Crippen LogP contribution in [0.25, 0.3) is 31.3 Å². The van der Waals surface area contributed by atoms with E-state index in [9.17, 15) is 15.3 Å². The van der Waals surface area contributed by atoms with Crippen molar-refractivity contribution in [1.29, 1.82) is 0 Å². The second-order valence-electron chi connectivity index (χ2n) is 6.76. The fraction of sp³-hybridized carbons (Fsp3) is 1.00. The molecule has 1 saturated heterocycles. The molecule has 1 aliphatic heterocycles. The number of aliphatic hydroxyl groups is 3. The standard InChI is InChI=1S/C13H22N10O5/c1-4(14)8-3-7(24)9(20-23-17)13(27-8)28-12-6(19-22-16)2-5(18-21-15)10(25)11(12)26/h4-13,24-26H,2-3,14H2,1H3/t4?,5-,6?,7?,8?,9?,10?,11?,12-,13-/m1/s1. The first kappa shape index (κ1) is 22.0. The van der Waals surface area contributed by atoms with E-state index in [0.29, 0.717) is 0 Å². The summed E-state index contributed by atoms with van der Waals surface area (Å²) in [6.45, 7) is 1.66. The van der Waals surface area contributed by atoms with Gasteiger partial charge in [-0.1, -0.05) is 15.3 Å². The summed E-state index contributed by atoms with van der Waals surface area (Å²) in [5, 5.41) is 41.4. The van der Waals surface area contributed by atoms with Gasteiger partial charge in [-0.3, -0.25) is 0 Å². The molecule has 0 amide bonds. The van der Waals surface area contributed by atoms with E-state index in [2.05, 4.69) is 30.1 Å². The smallest absolute Gasteiger partial charge is 0.169 e. The zero-order valence-corrected chi connectivity index (χ0v) is 14.9. The predicted octanol–water partition coefficient (Wildman–Crippen LogP) is 0.357. The molecule has 1 heterocycles. The van der Waals surface area contributed by atoms with E-state index in [4.69, 9.17) is 31.8 Å². The third kappa shape index (κ3) is 4.75. The number of hydrogen-bond donors (Lipinski definition) is 4. The number of azide groups is 3. The Balaban J connectivity index is 2.30. The van der Waals surface area contributed by atoms with E-state index in [1.807, 2.05) is 0 Å². The normalized spacial score (nSPS) is 41.7. The molecular weight excluding hydrogens is 376 g/mol. The van der Waals surface area contributed by atoms with Crippen molar-refractivity contribution in [3.05, 3.63) is 31.3 Å². The molecule has 15 heteroatoms. The summed E-state index contributed by atoms with van der Waals surface area (Å²) in [5.41, 5.74) is 32.0. The molecule has 15 nitrogen and oxygen atoms in total. The van der Waals surface area contributed by atoms with Crippen molar-refractivity contribution < 1.29 is 24.8 Å². The van der Waals surface area contributed by atoms with Crippen LogP contribution in [0.3, 0.4) is 0 Å². The monoisotopic (exact) mass is 398 g/mol. The maximum Gasteiger partial charge on any atom is 0.169 e. The van der Waals surface area contributed by atoms with Crippen LogP contribution >= 0.6 is 0 Å². The van der Waals surface area contributed by atoms with Crippen LogP contribution in [-0.2, 0) is 9.47 Å². The third-order valence-electron chi connectivity index (χ3n) is 4.86. The number of ether oxygens (including phenoxy) is 2. The van der Waals surface area contributed by atoms with Crippen LogP contribution < -0.4 is 5.73 Å². The Kier molecular flexibility index (Phi) is 7.66. The van der Waals surface area contributed by atoms with Crippen molar-refractivity contribution >= 4 is 0 Å². The minimum Gasteiger partial charge on any atom is -0.392 e. The fourth-order valence-electron chi connectivity index (χ4n) is 3.37. The van der Waals surface area contributed by atoms with Crippen molar-refractivity contribution in [2.45, 2.75) is 80.7 Å². The van der Waals surface area contributed by atoms with E-state index in [0.717, 1.165) is 0 Å². The van der Waals surface area contributed by atoms with Crippen molar-refractivity contribution in [1.82, 2.24) is 0 Å². The highest BCUT2D eigenvalue weighted by molar-refractivity contribution is 5.01.